The fourth-order valence-electron chi connectivity index (χ4n) is 3.34. The number of fused-ring (bicyclic) bond motifs is 1. The van der Waals surface area contributed by atoms with Gasteiger partial charge in [-0.2, -0.15) is 0 Å². The minimum atomic E-state index is 0.0401. The highest BCUT2D eigenvalue weighted by molar-refractivity contribution is 5.95. The predicted molar refractivity (Wildman–Crippen MR) is 103 cm³/mol. The average molecular weight is 351 g/mol. The number of Topliss-reactive ketones (excluding diaryl/α,β-unsaturated/α-hetero) is 1. The molecular formula is C22H25NO3. The van der Waals surface area contributed by atoms with E-state index in [2.05, 4.69) is 13.0 Å². The van der Waals surface area contributed by atoms with Crippen molar-refractivity contribution >= 4 is 17.4 Å². The molecule has 2 aromatic rings. The molecule has 0 spiro atoms. The summed E-state index contributed by atoms with van der Waals surface area (Å²) in [5.74, 6) is 1.41. The van der Waals surface area contributed by atoms with Crippen LogP contribution in [0.15, 0.2) is 48.5 Å². The van der Waals surface area contributed by atoms with E-state index in [1.807, 2.05) is 23.1 Å². The number of hydrogen-bond donors (Lipinski definition) is 0. The van der Waals surface area contributed by atoms with Crippen molar-refractivity contribution in [3.05, 3.63) is 59.7 Å². The van der Waals surface area contributed by atoms with Crippen LogP contribution >= 0.6 is 0 Å². The first-order valence-electron chi connectivity index (χ1n) is 9.19. The summed E-state index contributed by atoms with van der Waals surface area (Å²) in [7, 11) is 0. The Kier molecular flexibility index (Phi) is 5.71. The molecule has 4 heteroatoms. The van der Waals surface area contributed by atoms with Crippen LogP contribution in [0.3, 0.4) is 0 Å². The lowest BCUT2D eigenvalue weighted by Crippen LogP contribution is -2.36. The molecule has 1 unspecified atom stereocenters. The normalized spacial score (nSPS) is 16.1. The van der Waals surface area contributed by atoms with E-state index < -0.39 is 0 Å². The molecule has 136 valence electrons. The highest BCUT2D eigenvalue weighted by Crippen LogP contribution is 2.35. The third kappa shape index (κ3) is 4.13. The molecule has 0 N–H and O–H groups in total. The summed E-state index contributed by atoms with van der Waals surface area (Å²) >= 11 is 0. The van der Waals surface area contributed by atoms with Crippen molar-refractivity contribution in [1.82, 2.24) is 0 Å². The zero-order valence-electron chi connectivity index (χ0n) is 15.4. The molecule has 26 heavy (non-hydrogen) atoms. The second-order valence-electron chi connectivity index (χ2n) is 6.83. The van der Waals surface area contributed by atoms with Gasteiger partial charge in [-0.3, -0.25) is 9.59 Å². The van der Waals surface area contributed by atoms with Gasteiger partial charge in [-0.15, -0.1) is 0 Å². The van der Waals surface area contributed by atoms with Gasteiger partial charge in [0, 0.05) is 24.2 Å². The number of nitrogens with zero attached hydrogens (tertiary/aromatic N) is 1. The van der Waals surface area contributed by atoms with Crippen LogP contribution in [0.4, 0.5) is 5.69 Å². The van der Waals surface area contributed by atoms with Crippen molar-refractivity contribution in [2.75, 3.05) is 18.1 Å². The Morgan fingerprint density at radius 2 is 1.85 bits per heavy atom. The van der Waals surface area contributed by atoms with E-state index in [4.69, 9.17) is 4.74 Å². The van der Waals surface area contributed by atoms with Crippen LogP contribution in [0.25, 0.3) is 0 Å². The average Bonchev–Trinajstić information content (AvgIpc) is 2.66. The van der Waals surface area contributed by atoms with Crippen LogP contribution < -0.4 is 9.64 Å². The van der Waals surface area contributed by atoms with Gasteiger partial charge in [-0.1, -0.05) is 25.1 Å². The Bertz CT molecular complexity index is 782. The van der Waals surface area contributed by atoms with Crippen LogP contribution in [0, 0.1) is 0 Å². The quantitative estimate of drug-likeness (QED) is 0.565. The Hall–Kier alpha value is -2.62. The van der Waals surface area contributed by atoms with Crippen LogP contribution in [-0.4, -0.2) is 24.8 Å². The lowest BCUT2D eigenvalue weighted by atomic mass is 9.91. The molecule has 1 heterocycles. The summed E-state index contributed by atoms with van der Waals surface area (Å²) < 4.78 is 5.68. The fourth-order valence-corrected chi connectivity index (χ4v) is 3.34. The molecule has 1 aliphatic heterocycles. The van der Waals surface area contributed by atoms with Crippen molar-refractivity contribution in [2.24, 2.45) is 0 Å². The van der Waals surface area contributed by atoms with Crippen LogP contribution in [-0.2, 0) is 4.79 Å². The van der Waals surface area contributed by atoms with E-state index in [0.29, 0.717) is 30.9 Å². The summed E-state index contributed by atoms with van der Waals surface area (Å²) in [6.07, 6.45) is 2.14. The van der Waals surface area contributed by atoms with Crippen molar-refractivity contribution in [1.29, 1.82) is 0 Å². The number of hydrogen-bond acceptors (Lipinski definition) is 3. The van der Waals surface area contributed by atoms with Crippen LogP contribution in [0.5, 0.6) is 5.75 Å². The highest BCUT2D eigenvalue weighted by Gasteiger charge is 2.25. The Balaban J connectivity index is 1.50. The number of carbonyl (C=O) groups is 2. The van der Waals surface area contributed by atoms with Crippen molar-refractivity contribution in [3.63, 3.8) is 0 Å². The van der Waals surface area contributed by atoms with Gasteiger partial charge in [-0.05, 0) is 61.6 Å². The largest absolute Gasteiger partial charge is 0.494 e. The molecule has 0 saturated carbocycles. The van der Waals surface area contributed by atoms with Gasteiger partial charge in [-0.25, -0.2) is 0 Å². The predicted octanol–water partition coefficient (Wildman–Crippen LogP) is 4.59. The van der Waals surface area contributed by atoms with Gasteiger partial charge in [0.25, 0.3) is 0 Å². The molecule has 3 rings (SSSR count). The molecule has 0 aliphatic carbocycles. The first-order chi connectivity index (χ1) is 12.6. The van der Waals surface area contributed by atoms with Crippen molar-refractivity contribution in [3.8, 4) is 5.75 Å². The molecule has 0 aromatic heterocycles. The van der Waals surface area contributed by atoms with Crippen molar-refractivity contribution < 1.29 is 14.3 Å². The molecule has 0 fully saturated rings. The summed E-state index contributed by atoms with van der Waals surface area (Å²) in [5, 5.41) is 0. The van der Waals surface area contributed by atoms with Gasteiger partial charge < -0.3 is 9.64 Å². The SMILES string of the molecule is CC(=O)c1ccc(OCCCC(=O)N2CCC(C)c3ccccc32)cc1. The molecule has 1 atom stereocenters. The van der Waals surface area contributed by atoms with E-state index in [1.165, 1.54) is 5.56 Å². The molecule has 0 bridgehead atoms. The number of carbonyl (C=O) groups excluding carboxylic acids is 2. The maximum absolute atomic E-state index is 12.6. The molecule has 0 radical (unpaired) electrons. The fraction of sp³-hybridized carbons (Fsp3) is 0.364. The first-order valence-corrected chi connectivity index (χ1v) is 9.19. The minimum Gasteiger partial charge on any atom is -0.494 e. The number of ketones is 1. The lowest BCUT2D eigenvalue weighted by Gasteiger charge is -2.33. The molecule has 4 nitrogen and oxygen atoms in total. The number of ether oxygens (including phenoxy) is 1. The zero-order valence-corrected chi connectivity index (χ0v) is 15.4. The molecule has 1 aliphatic rings. The molecular weight excluding hydrogens is 326 g/mol. The van der Waals surface area contributed by atoms with E-state index in [1.54, 1.807) is 31.2 Å². The van der Waals surface area contributed by atoms with E-state index >= 15 is 0 Å². The van der Waals surface area contributed by atoms with Gasteiger partial charge in [0.2, 0.25) is 5.91 Å². The first kappa shape index (κ1) is 18.2. The number of rotatable bonds is 6. The van der Waals surface area contributed by atoms with Crippen LogP contribution in [0.1, 0.15) is 54.9 Å². The Labute approximate surface area is 154 Å². The number of para-hydroxylation sites is 1. The van der Waals surface area contributed by atoms with E-state index in [9.17, 15) is 9.59 Å². The third-order valence-corrected chi connectivity index (χ3v) is 4.91. The van der Waals surface area contributed by atoms with Gasteiger partial charge in [0.05, 0.1) is 6.61 Å². The van der Waals surface area contributed by atoms with E-state index in [-0.39, 0.29) is 11.7 Å². The van der Waals surface area contributed by atoms with Crippen LogP contribution in [0.2, 0.25) is 0 Å². The standard InChI is InChI=1S/C22H25NO3/c1-16-13-14-23(21-7-4-3-6-20(16)21)22(25)8-5-15-26-19-11-9-18(10-12-19)17(2)24/h3-4,6-7,9-12,16H,5,8,13-15H2,1-2H3. The zero-order chi connectivity index (χ0) is 18.5. The minimum absolute atomic E-state index is 0.0401. The molecule has 1 amide bonds. The van der Waals surface area contributed by atoms with E-state index in [0.717, 1.165) is 24.4 Å². The van der Waals surface area contributed by atoms with Gasteiger partial charge in [0.1, 0.15) is 5.75 Å². The number of amides is 1. The maximum Gasteiger partial charge on any atom is 0.227 e. The molecule has 2 aromatic carbocycles. The summed E-state index contributed by atoms with van der Waals surface area (Å²) in [4.78, 5) is 25.8. The summed E-state index contributed by atoms with van der Waals surface area (Å²) in [6, 6.07) is 15.3. The number of anilines is 1. The molecule has 0 saturated heterocycles. The van der Waals surface area contributed by atoms with Gasteiger partial charge in [0.15, 0.2) is 5.78 Å². The summed E-state index contributed by atoms with van der Waals surface area (Å²) in [6.45, 7) is 5.02. The van der Waals surface area contributed by atoms with Crippen molar-refractivity contribution in [2.45, 2.75) is 39.0 Å². The highest BCUT2D eigenvalue weighted by atomic mass is 16.5. The second-order valence-corrected chi connectivity index (χ2v) is 6.83. The number of benzene rings is 2. The monoisotopic (exact) mass is 351 g/mol. The second kappa shape index (κ2) is 8.17. The summed E-state index contributed by atoms with van der Waals surface area (Å²) in [5.41, 5.74) is 2.98. The van der Waals surface area contributed by atoms with Gasteiger partial charge >= 0.3 is 0 Å². The maximum atomic E-state index is 12.6. The topological polar surface area (TPSA) is 46.6 Å². The smallest absolute Gasteiger partial charge is 0.227 e. The lowest BCUT2D eigenvalue weighted by molar-refractivity contribution is -0.118. The Morgan fingerprint density at radius 3 is 2.58 bits per heavy atom. The Morgan fingerprint density at radius 1 is 1.12 bits per heavy atom. The third-order valence-electron chi connectivity index (χ3n) is 4.91.